The van der Waals surface area contributed by atoms with Crippen molar-refractivity contribution in [2.24, 2.45) is 5.92 Å². The maximum atomic E-state index is 12.9. The molecule has 1 aliphatic heterocycles. The lowest BCUT2D eigenvalue weighted by Gasteiger charge is -2.34. The molecule has 2 rings (SSSR count). The van der Waals surface area contributed by atoms with Crippen LogP contribution in [-0.4, -0.2) is 35.1 Å². The van der Waals surface area contributed by atoms with E-state index in [1.807, 2.05) is 6.92 Å². The van der Waals surface area contributed by atoms with E-state index in [0.29, 0.717) is 13.1 Å². The van der Waals surface area contributed by atoms with Crippen LogP contribution in [-0.2, 0) is 0 Å². The van der Waals surface area contributed by atoms with E-state index < -0.39 is 11.9 Å². The van der Waals surface area contributed by atoms with Gasteiger partial charge >= 0.3 is 0 Å². The molecule has 5 heteroatoms. The van der Waals surface area contributed by atoms with Crippen LogP contribution in [0.15, 0.2) is 18.2 Å². The van der Waals surface area contributed by atoms with Crippen LogP contribution in [0.1, 0.15) is 23.7 Å². The van der Waals surface area contributed by atoms with Crippen molar-refractivity contribution in [1.29, 1.82) is 0 Å². The number of hydrogen-bond donors (Lipinski definition) is 1. The molecule has 0 bridgehead atoms. The highest BCUT2D eigenvalue weighted by atomic mass is 35.5. The lowest BCUT2D eigenvalue weighted by atomic mass is 9.95. The second-order valence-corrected chi connectivity index (χ2v) is 5.12. The number of nitrogens with zero attached hydrogens (tertiary/aromatic N) is 1. The van der Waals surface area contributed by atoms with Crippen molar-refractivity contribution in [1.82, 2.24) is 4.90 Å². The number of piperidine rings is 1. The zero-order chi connectivity index (χ0) is 13.3. The Morgan fingerprint density at radius 2 is 2.28 bits per heavy atom. The summed E-state index contributed by atoms with van der Waals surface area (Å²) >= 11 is 5.86. The molecule has 3 nitrogen and oxygen atoms in total. The van der Waals surface area contributed by atoms with Crippen LogP contribution in [0.3, 0.4) is 0 Å². The fraction of sp³-hybridized carbons (Fsp3) is 0.462. The van der Waals surface area contributed by atoms with Crippen molar-refractivity contribution in [3.63, 3.8) is 0 Å². The number of β-amino-alcohol motifs (C(OH)–C–C–N with tert-alkyl or cyclic N) is 1. The lowest BCUT2D eigenvalue weighted by molar-refractivity contribution is 0.0249. The quantitative estimate of drug-likeness (QED) is 0.852. The van der Waals surface area contributed by atoms with Gasteiger partial charge in [-0.05, 0) is 30.5 Å². The van der Waals surface area contributed by atoms with Gasteiger partial charge in [-0.25, -0.2) is 4.39 Å². The molecule has 1 N–H and O–H groups in total. The van der Waals surface area contributed by atoms with E-state index in [1.165, 1.54) is 12.1 Å². The predicted octanol–water partition coefficient (Wildman–Crippen LogP) is 2.32. The minimum absolute atomic E-state index is 0.105. The summed E-state index contributed by atoms with van der Waals surface area (Å²) in [6.45, 7) is 2.84. The van der Waals surface area contributed by atoms with Gasteiger partial charge in [-0.2, -0.15) is 0 Å². The molecule has 1 aromatic carbocycles. The maximum absolute atomic E-state index is 12.9. The van der Waals surface area contributed by atoms with E-state index in [2.05, 4.69) is 0 Å². The van der Waals surface area contributed by atoms with Crippen LogP contribution >= 0.6 is 11.6 Å². The lowest BCUT2D eigenvalue weighted by Crippen LogP contribution is -2.45. The smallest absolute Gasteiger partial charge is 0.255 e. The Morgan fingerprint density at radius 1 is 1.56 bits per heavy atom. The van der Waals surface area contributed by atoms with Gasteiger partial charge in [0.15, 0.2) is 0 Å². The molecule has 1 amide bonds. The Kier molecular flexibility index (Phi) is 3.88. The van der Waals surface area contributed by atoms with Crippen molar-refractivity contribution < 1.29 is 14.3 Å². The summed E-state index contributed by atoms with van der Waals surface area (Å²) < 4.78 is 12.9. The molecule has 0 aliphatic carbocycles. The van der Waals surface area contributed by atoms with E-state index in [0.717, 1.165) is 12.5 Å². The number of carbonyl (C=O) groups is 1. The van der Waals surface area contributed by atoms with E-state index in [-0.39, 0.29) is 22.4 Å². The molecule has 1 aliphatic rings. The SMILES string of the molecule is CC1CCN(C(=O)c2ccc(F)cc2Cl)CC1O. The molecule has 1 aromatic rings. The number of benzene rings is 1. The highest BCUT2D eigenvalue weighted by Crippen LogP contribution is 2.23. The molecule has 98 valence electrons. The summed E-state index contributed by atoms with van der Waals surface area (Å²) in [5.74, 6) is -0.535. The highest BCUT2D eigenvalue weighted by molar-refractivity contribution is 6.33. The van der Waals surface area contributed by atoms with Crippen molar-refractivity contribution in [3.05, 3.63) is 34.6 Å². The fourth-order valence-corrected chi connectivity index (χ4v) is 2.31. The van der Waals surface area contributed by atoms with Gasteiger partial charge in [-0.1, -0.05) is 18.5 Å². The van der Waals surface area contributed by atoms with Gasteiger partial charge in [0.25, 0.3) is 5.91 Å². The van der Waals surface area contributed by atoms with Crippen LogP contribution < -0.4 is 0 Å². The largest absolute Gasteiger partial charge is 0.391 e. The van der Waals surface area contributed by atoms with E-state index in [1.54, 1.807) is 4.90 Å². The molecular formula is C13H15ClFNO2. The zero-order valence-corrected chi connectivity index (χ0v) is 10.8. The number of amides is 1. The first-order valence-corrected chi connectivity index (χ1v) is 6.29. The van der Waals surface area contributed by atoms with Crippen molar-refractivity contribution in [2.75, 3.05) is 13.1 Å². The molecule has 18 heavy (non-hydrogen) atoms. The third-order valence-electron chi connectivity index (χ3n) is 3.37. The molecule has 0 spiro atoms. The zero-order valence-electron chi connectivity index (χ0n) is 10.1. The molecule has 1 saturated heterocycles. The normalized spacial score (nSPS) is 24.1. The van der Waals surface area contributed by atoms with Crippen molar-refractivity contribution in [2.45, 2.75) is 19.4 Å². The first-order valence-electron chi connectivity index (χ1n) is 5.91. The average Bonchev–Trinajstić information content (AvgIpc) is 2.32. The van der Waals surface area contributed by atoms with E-state index in [4.69, 9.17) is 11.6 Å². The Balaban J connectivity index is 2.16. The minimum atomic E-state index is -0.512. The molecule has 2 atom stereocenters. The van der Waals surface area contributed by atoms with Gasteiger partial charge in [0.2, 0.25) is 0 Å². The highest BCUT2D eigenvalue weighted by Gasteiger charge is 2.28. The summed E-state index contributed by atoms with van der Waals surface area (Å²) in [6.07, 6.45) is 0.244. The van der Waals surface area contributed by atoms with Crippen LogP contribution in [0, 0.1) is 11.7 Å². The number of likely N-dealkylation sites (tertiary alicyclic amines) is 1. The molecule has 1 heterocycles. The summed E-state index contributed by atoms with van der Waals surface area (Å²) in [6, 6.07) is 3.71. The predicted molar refractivity (Wildman–Crippen MR) is 67.1 cm³/mol. The van der Waals surface area contributed by atoms with E-state index in [9.17, 15) is 14.3 Å². The Bertz CT molecular complexity index is 466. The number of rotatable bonds is 1. The number of carbonyl (C=O) groups excluding carboxylic acids is 1. The maximum Gasteiger partial charge on any atom is 0.255 e. The van der Waals surface area contributed by atoms with Crippen LogP contribution in [0.2, 0.25) is 5.02 Å². The minimum Gasteiger partial charge on any atom is -0.391 e. The number of aliphatic hydroxyl groups is 1. The van der Waals surface area contributed by atoms with Gasteiger partial charge in [0.1, 0.15) is 5.82 Å². The Morgan fingerprint density at radius 3 is 2.89 bits per heavy atom. The topological polar surface area (TPSA) is 40.5 Å². The molecule has 0 radical (unpaired) electrons. The summed E-state index contributed by atoms with van der Waals surface area (Å²) in [5, 5.41) is 9.88. The second kappa shape index (κ2) is 5.24. The summed E-state index contributed by atoms with van der Waals surface area (Å²) in [5.41, 5.74) is 0.278. The number of aliphatic hydroxyl groups excluding tert-OH is 1. The summed E-state index contributed by atoms with van der Waals surface area (Å²) in [4.78, 5) is 13.8. The van der Waals surface area contributed by atoms with Gasteiger partial charge in [0.05, 0.1) is 16.7 Å². The van der Waals surface area contributed by atoms with E-state index >= 15 is 0 Å². The van der Waals surface area contributed by atoms with Gasteiger partial charge in [-0.3, -0.25) is 4.79 Å². The first-order chi connectivity index (χ1) is 8.49. The van der Waals surface area contributed by atoms with Crippen LogP contribution in [0.4, 0.5) is 4.39 Å². The molecule has 0 saturated carbocycles. The van der Waals surface area contributed by atoms with Crippen LogP contribution in [0.25, 0.3) is 0 Å². The van der Waals surface area contributed by atoms with Gasteiger partial charge in [0, 0.05) is 13.1 Å². The molecule has 2 unspecified atom stereocenters. The van der Waals surface area contributed by atoms with Crippen molar-refractivity contribution >= 4 is 17.5 Å². The van der Waals surface area contributed by atoms with Crippen molar-refractivity contribution in [3.8, 4) is 0 Å². The van der Waals surface area contributed by atoms with Crippen LogP contribution in [0.5, 0.6) is 0 Å². The van der Waals surface area contributed by atoms with Gasteiger partial charge in [-0.15, -0.1) is 0 Å². The third-order valence-corrected chi connectivity index (χ3v) is 3.68. The van der Waals surface area contributed by atoms with Gasteiger partial charge < -0.3 is 10.0 Å². The summed E-state index contributed by atoms with van der Waals surface area (Å²) in [7, 11) is 0. The molecule has 0 aromatic heterocycles. The first kappa shape index (κ1) is 13.3. The molecule has 1 fully saturated rings. The number of hydrogen-bond acceptors (Lipinski definition) is 2. The Labute approximate surface area is 110 Å². The molecular weight excluding hydrogens is 257 g/mol. The Hall–Kier alpha value is -1.13. The third kappa shape index (κ3) is 2.65. The standard InChI is InChI=1S/C13H15ClFNO2/c1-8-4-5-16(7-12(8)17)13(18)10-3-2-9(15)6-11(10)14/h2-3,6,8,12,17H,4-5,7H2,1H3. The monoisotopic (exact) mass is 271 g/mol. The fourth-order valence-electron chi connectivity index (χ4n) is 2.07. The second-order valence-electron chi connectivity index (χ2n) is 4.71. The average molecular weight is 272 g/mol. The number of halogens is 2.